The molecule has 0 aromatic heterocycles. The molecule has 1 rings (SSSR count). The second kappa shape index (κ2) is 6.46. The molecule has 0 bridgehead atoms. The van der Waals surface area contributed by atoms with Crippen LogP contribution in [0.2, 0.25) is 0 Å². The molecule has 0 aliphatic rings. The number of benzene rings is 1. The van der Waals surface area contributed by atoms with E-state index in [1.165, 1.54) is 0 Å². The zero-order valence-corrected chi connectivity index (χ0v) is 14.6. The summed E-state index contributed by atoms with van der Waals surface area (Å²) in [6.45, 7) is 12.2. The molecule has 0 saturated carbocycles. The summed E-state index contributed by atoms with van der Waals surface area (Å²) in [4.78, 5) is 0.257. The number of hydrogen-bond acceptors (Lipinski definition) is 3. The predicted molar refractivity (Wildman–Crippen MR) is 85.6 cm³/mol. The monoisotopic (exact) mass is 313 g/mol. The number of aliphatic hydroxyl groups excluding tert-OH is 1. The van der Waals surface area contributed by atoms with E-state index in [1.807, 2.05) is 19.9 Å². The number of rotatable bonds is 5. The molecule has 0 amide bonds. The van der Waals surface area contributed by atoms with Gasteiger partial charge >= 0.3 is 0 Å². The molecule has 0 aliphatic heterocycles. The summed E-state index contributed by atoms with van der Waals surface area (Å²) in [6.07, 6.45) is 0. The molecule has 2 N–H and O–H groups in total. The minimum absolute atomic E-state index is 0.0421. The van der Waals surface area contributed by atoms with Gasteiger partial charge in [-0.1, -0.05) is 33.8 Å². The molecule has 1 aromatic rings. The lowest BCUT2D eigenvalue weighted by molar-refractivity contribution is 0.263. The van der Waals surface area contributed by atoms with Crippen LogP contribution >= 0.6 is 0 Å². The fourth-order valence-corrected chi connectivity index (χ4v) is 3.38. The fraction of sp³-hybridized carbons (Fsp3) is 0.625. The summed E-state index contributed by atoms with van der Waals surface area (Å²) in [5, 5.41) is 9.25. The largest absolute Gasteiger partial charge is 0.392 e. The van der Waals surface area contributed by atoms with Crippen molar-refractivity contribution in [3.05, 3.63) is 28.8 Å². The van der Waals surface area contributed by atoms with E-state index in [2.05, 4.69) is 25.5 Å². The van der Waals surface area contributed by atoms with Crippen LogP contribution in [0.4, 0.5) is 0 Å². The van der Waals surface area contributed by atoms with E-state index in [0.29, 0.717) is 12.1 Å². The Labute approximate surface area is 128 Å². The topological polar surface area (TPSA) is 66.4 Å². The molecular formula is C16H27NO3S. The Balaban J connectivity index is 3.06. The van der Waals surface area contributed by atoms with Crippen molar-refractivity contribution in [2.75, 3.05) is 6.54 Å². The quantitative estimate of drug-likeness (QED) is 0.878. The molecule has 1 atom stereocenters. The molecule has 4 nitrogen and oxygen atoms in total. The second-order valence-corrected chi connectivity index (χ2v) is 8.55. The van der Waals surface area contributed by atoms with Gasteiger partial charge in [0.2, 0.25) is 10.0 Å². The van der Waals surface area contributed by atoms with E-state index in [0.717, 1.165) is 11.1 Å². The Hall–Kier alpha value is -0.910. The van der Waals surface area contributed by atoms with Crippen LogP contribution in [-0.2, 0) is 16.6 Å². The third-order valence-corrected chi connectivity index (χ3v) is 5.76. The Morgan fingerprint density at radius 3 is 2.29 bits per heavy atom. The fourth-order valence-electron chi connectivity index (χ4n) is 1.89. The molecule has 0 saturated heterocycles. The minimum atomic E-state index is -3.56. The molecule has 0 aliphatic carbocycles. The van der Waals surface area contributed by atoms with Crippen molar-refractivity contribution >= 4 is 10.0 Å². The molecule has 0 spiro atoms. The van der Waals surface area contributed by atoms with Crippen molar-refractivity contribution in [3.63, 3.8) is 0 Å². The molecular weight excluding hydrogens is 286 g/mol. The van der Waals surface area contributed by atoms with Crippen LogP contribution in [0, 0.1) is 25.2 Å². The summed E-state index contributed by atoms with van der Waals surface area (Å²) >= 11 is 0. The number of nitrogens with one attached hydrogen (secondary N) is 1. The maximum absolute atomic E-state index is 12.5. The smallest absolute Gasteiger partial charge is 0.240 e. The van der Waals surface area contributed by atoms with Crippen LogP contribution in [0.3, 0.4) is 0 Å². The number of aliphatic hydroxyl groups is 1. The highest BCUT2D eigenvalue weighted by Crippen LogP contribution is 2.26. The lowest BCUT2D eigenvalue weighted by Gasteiger charge is -2.27. The van der Waals surface area contributed by atoms with Crippen molar-refractivity contribution < 1.29 is 13.5 Å². The highest BCUT2D eigenvalue weighted by atomic mass is 32.2. The van der Waals surface area contributed by atoms with Crippen molar-refractivity contribution in [1.29, 1.82) is 0 Å². The Morgan fingerprint density at radius 2 is 1.81 bits per heavy atom. The van der Waals surface area contributed by atoms with Gasteiger partial charge in [0.25, 0.3) is 0 Å². The summed E-state index contributed by atoms with van der Waals surface area (Å²) in [6, 6.07) is 3.36. The van der Waals surface area contributed by atoms with Crippen molar-refractivity contribution in [2.45, 2.75) is 53.0 Å². The van der Waals surface area contributed by atoms with Crippen molar-refractivity contribution in [3.8, 4) is 0 Å². The third kappa shape index (κ3) is 4.53. The summed E-state index contributed by atoms with van der Waals surface area (Å²) in [5.74, 6) is 0.217. The first-order valence-electron chi connectivity index (χ1n) is 7.19. The minimum Gasteiger partial charge on any atom is -0.392 e. The van der Waals surface area contributed by atoms with Gasteiger partial charge in [-0.2, -0.15) is 0 Å². The molecule has 0 radical (unpaired) electrons. The van der Waals surface area contributed by atoms with Crippen LogP contribution in [-0.4, -0.2) is 20.1 Å². The van der Waals surface area contributed by atoms with Crippen molar-refractivity contribution in [1.82, 2.24) is 4.72 Å². The maximum atomic E-state index is 12.5. The van der Waals surface area contributed by atoms with E-state index in [9.17, 15) is 13.5 Å². The second-order valence-electron chi connectivity index (χ2n) is 6.81. The molecule has 1 aromatic carbocycles. The van der Waals surface area contributed by atoms with E-state index in [4.69, 9.17) is 0 Å². The predicted octanol–water partition coefficient (Wildman–Crippen LogP) is 2.76. The van der Waals surface area contributed by atoms with Crippen LogP contribution in [0.1, 0.15) is 44.4 Å². The van der Waals surface area contributed by atoms with Crippen molar-refractivity contribution in [2.24, 2.45) is 11.3 Å². The molecule has 21 heavy (non-hydrogen) atoms. The van der Waals surface area contributed by atoms with E-state index in [1.54, 1.807) is 13.0 Å². The van der Waals surface area contributed by atoms with Crippen LogP contribution < -0.4 is 4.72 Å². The van der Waals surface area contributed by atoms with Gasteiger partial charge in [0, 0.05) is 6.54 Å². The number of sulfonamides is 1. The third-order valence-electron chi connectivity index (χ3n) is 4.21. The van der Waals surface area contributed by atoms with Gasteiger partial charge in [0.15, 0.2) is 0 Å². The van der Waals surface area contributed by atoms with Gasteiger partial charge in [-0.25, -0.2) is 13.1 Å². The first kappa shape index (κ1) is 18.1. The highest BCUT2D eigenvalue weighted by Gasteiger charge is 2.24. The van der Waals surface area contributed by atoms with Crippen LogP contribution in [0.15, 0.2) is 17.0 Å². The zero-order chi connectivity index (χ0) is 16.4. The van der Waals surface area contributed by atoms with Gasteiger partial charge in [-0.15, -0.1) is 0 Å². The maximum Gasteiger partial charge on any atom is 0.240 e. The Morgan fingerprint density at radius 1 is 1.24 bits per heavy atom. The lowest BCUT2D eigenvalue weighted by atomic mass is 9.82. The Kier molecular flexibility index (Phi) is 5.58. The van der Waals surface area contributed by atoms with Gasteiger partial charge in [-0.3, -0.25) is 0 Å². The number of aryl methyl sites for hydroxylation is 1. The van der Waals surface area contributed by atoms with Gasteiger partial charge < -0.3 is 5.11 Å². The summed E-state index contributed by atoms with van der Waals surface area (Å²) < 4.78 is 27.7. The summed E-state index contributed by atoms with van der Waals surface area (Å²) in [7, 11) is -3.56. The van der Waals surface area contributed by atoms with Crippen LogP contribution in [0.25, 0.3) is 0 Å². The first-order valence-corrected chi connectivity index (χ1v) is 8.68. The molecule has 5 heteroatoms. The normalized spacial score (nSPS) is 14.2. The standard InChI is InChI=1S/C16H27NO3S/c1-11-7-14(10-18)8-15(13(11)3)21(19,20)17-9-12(2)16(4,5)6/h7-8,12,17-18H,9-10H2,1-6H3. The van der Waals surface area contributed by atoms with Crippen LogP contribution in [0.5, 0.6) is 0 Å². The zero-order valence-electron chi connectivity index (χ0n) is 13.8. The molecule has 120 valence electrons. The molecule has 0 fully saturated rings. The average molecular weight is 313 g/mol. The number of hydrogen-bond donors (Lipinski definition) is 2. The van der Waals surface area contributed by atoms with Gasteiger partial charge in [-0.05, 0) is 47.9 Å². The SMILES string of the molecule is Cc1cc(CO)cc(S(=O)(=O)NCC(C)C(C)(C)C)c1C. The van der Waals surface area contributed by atoms with E-state index in [-0.39, 0.29) is 22.8 Å². The van der Waals surface area contributed by atoms with E-state index < -0.39 is 10.0 Å². The molecule has 0 heterocycles. The molecule has 1 unspecified atom stereocenters. The lowest BCUT2D eigenvalue weighted by Crippen LogP contribution is -2.34. The Bertz CT molecular complexity index is 601. The highest BCUT2D eigenvalue weighted by molar-refractivity contribution is 7.89. The first-order chi connectivity index (χ1) is 9.49. The average Bonchev–Trinajstić information content (AvgIpc) is 2.37. The summed E-state index contributed by atoms with van der Waals surface area (Å²) in [5.41, 5.74) is 2.25. The van der Waals surface area contributed by atoms with Gasteiger partial charge in [0.05, 0.1) is 11.5 Å². The van der Waals surface area contributed by atoms with E-state index >= 15 is 0 Å². The van der Waals surface area contributed by atoms with Gasteiger partial charge in [0.1, 0.15) is 0 Å².